The van der Waals surface area contributed by atoms with Gasteiger partial charge in [-0.3, -0.25) is 9.36 Å². The summed E-state index contributed by atoms with van der Waals surface area (Å²) in [6, 6.07) is 15.5. The molecular formula is C21H19N3O3. The molecule has 0 bridgehead atoms. The van der Waals surface area contributed by atoms with Crippen molar-refractivity contribution >= 4 is 11.1 Å². The van der Waals surface area contributed by atoms with Crippen LogP contribution in [0.15, 0.2) is 62.5 Å². The zero-order chi connectivity index (χ0) is 19.1. The van der Waals surface area contributed by atoms with E-state index in [1.807, 2.05) is 48.5 Å². The zero-order valence-corrected chi connectivity index (χ0v) is 15.4. The van der Waals surface area contributed by atoms with Gasteiger partial charge in [0.1, 0.15) is 5.52 Å². The molecule has 2 aromatic carbocycles. The second-order valence-electron chi connectivity index (χ2n) is 6.62. The highest BCUT2D eigenvalue weighted by Crippen LogP contribution is 2.25. The fourth-order valence-corrected chi connectivity index (χ4v) is 3.25. The van der Waals surface area contributed by atoms with Crippen LogP contribution in [0.2, 0.25) is 0 Å². The highest BCUT2D eigenvalue weighted by Gasteiger charge is 2.16. The lowest BCUT2D eigenvalue weighted by Crippen LogP contribution is -2.39. The number of benzene rings is 2. The van der Waals surface area contributed by atoms with E-state index in [0.717, 1.165) is 15.7 Å². The van der Waals surface area contributed by atoms with E-state index in [9.17, 15) is 9.59 Å². The Bertz CT molecular complexity index is 1260. The molecule has 2 aromatic heterocycles. The molecule has 0 N–H and O–H groups in total. The Morgan fingerprint density at radius 1 is 1.00 bits per heavy atom. The van der Waals surface area contributed by atoms with Crippen molar-refractivity contribution in [2.75, 3.05) is 0 Å². The molecule has 0 atom stereocenters. The highest BCUT2D eigenvalue weighted by atomic mass is 16.3. The SMILES string of the molecule is Cc1c(-c2ccc3oc(Cc4ccccc4)nc3c2)c(=O)n(C)c(=O)n1C. The molecule has 0 amide bonds. The molecule has 4 aromatic rings. The van der Waals surface area contributed by atoms with E-state index in [-0.39, 0.29) is 11.2 Å². The summed E-state index contributed by atoms with van der Waals surface area (Å²) in [6.07, 6.45) is 0.603. The van der Waals surface area contributed by atoms with Crippen LogP contribution in [0.5, 0.6) is 0 Å². The van der Waals surface area contributed by atoms with Crippen molar-refractivity contribution in [3.63, 3.8) is 0 Å². The standard InChI is InChI=1S/C21H19N3O3/c1-13-19(20(25)24(3)21(26)23(13)2)15-9-10-17-16(12-15)22-18(27-17)11-14-7-5-4-6-8-14/h4-10,12H,11H2,1-3H3. The van der Waals surface area contributed by atoms with Gasteiger partial charge in [-0.25, -0.2) is 9.78 Å². The Morgan fingerprint density at radius 3 is 2.48 bits per heavy atom. The van der Waals surface area contributed by atoms with Crippen LogP contribution in [0.4, 0.5) is 0 Å². The first-order chi connectivity index (χ1) is 13.0. The molecule has 0 saturated carbocycles. The third-order valence-corrected chi connectivity index (χ3v) is 4.88. The van der Waals surface area contributed by atoms with Crippen molar-refractivity contribution in [3.8, 4) is 11.1 Å². The predicted molar refractivity (Wildman–Crippen MR) is 104 cm³/mol. The Morgan fingerprint density at radius 2 is 1.74 bits per heavy atom. The van der Waals surface area contributed by atoms with Crippen LogP contribution < -0.4 is 11.2 Å². The number of fused-ring (bicyclic) bond motifs is 1. The predicted octanol–water partition coefficient (Wildman–Crippen LogP) is 2.79. The Hall–Kier alpha value is -3.41. The molecular weight excluding hydrogens is 342 g/mol. The number of hydrogen-bond donors (Lipinski definition) is 0. The molecule has 0 radical (unpaired) electrons. The molecule has 0 saturated heterocycles. The van der Waals surface area contributed by atoms with Gasteiger partial charge >= 0.3 is 5.69 Å². The number of oxazole rings is 1. The summed E-state index contributed by atoms with van der Waals surface area (Å²) in [5, 5.41) is 0. The summed E-state index contributed by atoms with van der Waals surface area (Å²) in [6.45, 7) is 1.77. The largest absolute Gasteiger partial charge is 0.440 e. The average Bonchev–Trinajstić information content (AvgIpc) is 3.07. The first-order valence-corrected chi connectivity index (χ1v) is 8.66. The van der Waals surface area contributed by atoms with Gasteiger partial charge in [-0.2, -0.15) is 0 Å². The third kappa shape index (κ3) is 2.89. The van der Waals surface area contributed by atoms with Gasteiger partial charge in [0, 0.05) is 26.2 Å². The quantitative estimate of drug-likeness (QED) is 0.563. The van der Waals surface area contributed by atoms with E-state index >= 15 is 0 Å². The number of aromatic nitrogens is 3. The molecule has 0 aliphatic heterocycles. The second kappa shape index (κ2) is 6.39. The molecule has 0 spiro atoms. The molecule has 6 nitrogen and oxygen atoms in total. The van der Waals surface area contributed by atoms with Crippen LogP contribution in [0.25, 0.3) is 22.2 Å². The number of hydrogen-bond acceptors (Lipinski definition) is 4. The topological polar surface area (TPSA) is 70.0 Å². The van der Waals surface area contributed by atoms with E-state index in [4.69, 9.17) is 4.42 Å². The first-order valence-electron chi connectivity index (χ1n) is 8.66. The van der Waals surface area contributed by atoms with E-state index in [2.05, 4.69) is 4.98 Å². The fraction of sp³-hybridized carbons (Fsp3) is 0.190. The van der Waals surface area contributed by atoms with Crippen LogP contribution in [0, 0.1) is 6.92 Å². The Labute approximate surface area is 155 Å². The van der Waals surface area contributed by atoms with E-state index < -0.39 is 0 Å². The minimum absolute atomic E-state index is 0.317. The van der Waals surface area contributed by atoms with Crippen LogP contribution in [-0.4, -0.2) is 14.1 Å². The summed E-state index contributed by atoms with van der Waals surface area (Å²) in [4.78, 5) is 29.3. The molecule has 2 heterocycles. The van der Waals surface area contributed by atoms with Gasteiger partial charge < -0.3 is 8.98 Å². The highest BCUT2D eigenvalue weighted by molar-refractivity contribution is 5.80. The Balaban J connectivity index is 1.81. The van der Waals surface area contributed by atoms with E-state index in [1.165, 1.54) is 11.6 Å². The van der Waals surface area contributed by atoms with Crippen molar-refractivity contribution in [1.82, 2.24) is 14.1 Å². The average molecular weight is 361 g/mol. The lowest BCUT2D eigenvalue weighted by molar-refractivity contribution is 0.544. The van der Waals surface area contributed by atoms with Crippen LogP contribution in [-0.2, 0) is 20.5 Å². The fourth-order valence-electron chi connectivity index (χ4n) is 3.25. The zero-order valence-electron chi connectivity index (χ0n) is 15.4. The van der Waals surface area contributed by atoms with E-state index in [1.54, 1.807) is 14.0 Å². The van der Waals surface area contributed by atoms with Crippen LogP contribution >= 0.6 is 0 Å². The minimum atomic E-state index is -0.339. The molecule has 0 aliphatic rings. The van der Waals surface area contributed by atoms with Crippen molar-refractivity contribution in [2.45, 2.75) is 13.3 Å². The van der Waals surface area contributed by atoms with Crippen LogP contribution in [0.1, 0.15) is 17.1 Å². The van der Waals surface area contributed by atoms with Crippen molar-refractivity contribution < 1.29 is 4.42 Å². The summed E-state index contributed by atoms with van der Waals surface area (Å²) >= 11 is 0. The van der Waals surface area contributed by atoms with Gasteiger partial charge in [0.05, 0.1) is 5.56 Å². The van der Waals surface area contributed by atoms with Crippen molar-refractivity contribution in [2.24, 2.45) is 14.1 Å². The van der Waals surface area contributed by atoms with Gasteiger partial charge in [0.15, 0.2) is 11.5 Å². The third-order valence-electron chi connectivity index (χ3n) is 4.88. The first kappa shape index (κ1) is 17.0. The summed E-state index contributed by atoms with van der Waals surface area (Å²) in [5.74, 6) is 0.624. The minimum Gasteiger partial charge on any atom is -0.440 e. The lowest BCUT2D eigenvalue weighted by atomic mass is 10.1. The lowest BCUT2D eigenvalue weighted by Gasteiger charge is -2.11. The molecule has 0 unspecified atom stereocenters. The van der Waals surface area contributed by atoms with Gasteiger partial charge in [-0.1, -0.05) is 36.4 Å². The number of nitrogens with zero attached hydrogens (tertiary/aromatic N) is 3. The van der Waals surface area contributed by atoms with Crippen molar-refractivity contribution in [3.05, 3.63) is 86.5 Å². The van der Waals surface area contributed by atoms with Gasteiger partial charge in [-0.15, -0.1) is 0 Å². The van der Waals surface area contributed by atoms with E-state index in [0.29, 0.717) is 34.7 Å². The molecule has 0 aliphatic carbocycles. The smallest absolute Gasteiger partial charge is 0.330 e. The van der Waals surface area contributed by atoms with Gasteiger partial charge in [0.2, 0.25) is 0 Å². The number of rotatable bonds is 3. The normalized spacial score (nSPS) is 11.2. The monoisotopic (exact) mass is 361 g/mol. The molecule has 4 rings (SSSR count). The summed E-state index contributed by atoms with van der Waals surface area (Å²) in [7, 11) is 3.15. The molecule has 0 fully saturated rings. The molecule has 6 heteroatoms. The molecule has 136 valence electrons. The Kier molecular flexibility index (Phi) is 4.03. The second-order valence-corrected chi connectivity index (χ2v) is 6.62. The summed E-state index contributed by atoms with van der Waals surface area (Å²) < 4.78 is 8.44. The molecule has 27 heavy (non-hydrogen) atoms. The maximum atomic E-state index is 12.7. The van der Waals surface area contributed by atoms with Gasteiger partial charge in [0.25, 0.3) is 5.56 Å². The maximum absolute atomic E-state index is 12.7. The van der Waals surface area contributed by atoms with Gasteiger partial charge in [-0.05, 0) is 30.2 Å². The van der Waals surface area contributed by atoms with Crippen LogP contribution in [0.3, 0.4) is 0 Å². The summed E-state index contributed by atoms with van der Waals surface area (Å²) in [5.41, 5.74) is 3.65. The maximum Gasteiger partial charge on any atom is 0.330 e. The van der Waals surface area contributed by atoms with Crippen molar-refractivity contribution in [1.29, 1.82) is 0 Å².